The van der Waals surface area contributed by atoms with Gasteiger partial charge in [-0.05, 0) is 97.7 Å². The summed E-state index contributed by atoms with van der Waals surface area (Å²) in [4.78, 5) is 30.3. The molecule has 6 nitrogen and oxygen atoms in total. The molecule has 1 N–H and O–H groups in total. The molecule has 0 aromatic heterocycles. The van der Waals surface area contributed by atoms with Crippen LogP contribution in [0.1, 0.15) is 21.5 Å². The van der Waals surface area contributed by atoms with Crippen molar-refractivity contribution >= 4 is 84.0 Å². The lowest BCUT2D eigenvalue weighted by Gasteiger charge is -2.12. The van der Waals surface area contributed by atoms with Crippen LogP contribution in [0.4, 0.5) is 5.69 Å². The topological polar surface area (TPSA) is 79.2 Å². The first-order valence-corrected chi connectivity index (χ1v) is 13.0. The highest BCUT2D eigenvalue weighted by atomic mass is 79.9. The number of likely N-dealkylation sites (N-methyl/N-ethyl adjacent to an activating group) is 1. The van der Waals surface area contributed by atoms with Crippen LogP contribution in [0.15, 0.2) is 79.5 Å². The number of nitrogens with zero attached hydrogens (tertiary/aromatic N) is 2. The molecule has 0 atom stereocenters. The van der Waals surface area contributed by atoms with E-state index in [0.717, 1.165) is 20.1 Å². The normalized spacial score (nSPS) is 15.8. The lowest BCUT2D eigenvalue weighted by molar-refractivity contribution is -0.121. The van der Waals surface area contributed by atoms with Gasteiger partial charge in [-0.1, -0.05) is 29.8 Å². The molecule has 1 amide bonds. The molecule has 0 radical (unpaired) electrons. The van der Waals surface area contributed by atoms with E-state index in [2.05, 4.69) is 36.9 Å². The first-order chi connectivity index (χ1) is 16.7. The number of hydrogen-bond acceptors (Lipinski definition) is 5. The maximum absolute atomic E-state index is 12.8. The molecule has 0 spiro atoms. The molecule has 35 heavy (non-hydrogen) atoms. The summed E-state index contributed by atoms with van der Waals surface area (Å²) in [5, 5.41) is 10.2. The lowest BCUT2D eigenvalue weighted by atomic mass is 10.2. The Morgan fingerprint density at radius 1 is 1.14 bits per heavy atom. The van der Waals surface area contributed by atoms with E-state index in [1.807, 2.05) is 36.4 Å². The second-order valence-corrected chi connectivity index (χ2v) is 10.5. The van der Waals surface area contributed by atoms with Crippen molar-refractivity contribution in [3.8, 4) is 5.75 Å². The zero-order valence-corrected chi connectivity index (χ0v) is 22.9. The highest BCUT2D eigenvalue weighted by Gasteiger charge is 2.30. The number of amidine groups is 1. The summed E-state index contributed by atoms with van der Waals surface area (Å²) >= 11 is 14.6. The molecule has 1 saturated heterocycles. The monoisotopic (exact) mass is 634 g/mol. The number of aliphatic imine (C=N–C) groups is 1. The van der Waals surface area contributed by atoms with Gasteiger partial charge in [0.1, 0.15) is 12.4 Å². The molecule has 178 valence electrons. The van der Waals surface area contributed by atoms with Crippen LogP contribution in [-0.4, -0.2) is 34.1 Å². The van der Waals surface area contributed by atoms with Gasteiger partial charge in [-0.25, -0.2) is 9.79 Å². The molecular weight excluding hydrogens is 620 g/mol. The molecule has 1 aliphatic heterocycles. The molecule has 1 fully saturated rings. The predicted molar refractivity (Wildman–Crippen MR) is 146 cm³/mol. The molecule has 0 saturated carbocycles. The number of halogens is 3. The Kier molecular flexibility index (Phi) is 8.01. The number of carboxylic acids is 1. The number of ether oxygens (including phenoxy) is 1. The average molecular weight is 637 g/mol. The van der Waals surface area contributed by atoms with Gasteiger partial charge in [0, 0.05) is 17.6 Å². The molecule has 3 aromatic rings. The highest BCUT2D eigenvalue weighted by Crippen LogP contribution is 2.38. The molecule has 0 unspecified atom stereocenters. The van der Waals surface area contributed by atoms with Crippen molar-refractivity contribution in [3.63, 3.8) is 0 Å². The van der Waals surface area contributed by atoms with Crippen LogP contribution in [0, 0.1) is 0 Å². The number of amides is 1. The minimum absolute atomic E-state index is 0.175. The van der Waals surface area contributed by atoms with E-state index in [4.69, 9.17) is 21.4 Å². The van der Waals surface area contributed by atoms with Gasteiger partial charge < -0.3 is 9.84 Å². The van der Waals surface area contributed by atoms with Crippen molar-refractivity contribution in [1.29, 1.82) is 0 Å². The smallest absolute Gasteiger partial charge is 0.335 e. The Hall–Kier alpha value is -2.59. The van der Waals surface area contributed by atoms with E-state index < -0.39 is 5.97 Å². The number of carbonyl (C=O) groups excluding carboxylic acids is 1. The summed E-state index contributed by atoms with van der Waals surface area (Å²) in [7, 11) is 1.65. The second-order valence-electron chi connectivity index (χ2n) is 7.41. The Balaban J connectivity index is 1.53. The Morgan fingerprint density at radius 3 is 2.43 bits per heavy atom. The number of rotatable bonds is 6. The van der Waals surface area contributed by atoms with E-state index in [1.165, 1.54) is 28.8 Å². The summed E-state index contributed by atoms with van der Waals surface area (Å²) in [6, 6.07) is 17.4. The molecular formula is C25H17Br2ClN2O4S. The fourth-order valence-electron chi connectivity index (χ4n) is 3.16. The van der Waals surface area contributed by atoms with Gasteiger partial charge in [0.25, 0.3) is 5.91 Å². The van der Waals surface area contributed by atoms with Crippen molar-refractivity contribution in [1.82, 2.24) is 4.90 Å². The number of aromatic carboxylic acids is 1. The maximum atomic E-state index is 12.8. The Labute approximate surface area is 227 Å². The fraction of sp³-hybridized carbons (Fsp3) is 0.0800. The van der Waals surface area contributed by atoms with Crippen LogP contribution < -0.4 is 4.74 Å². The summed E-state index contributed by atoms with van der Waals surface area (Å²) < 4.78 is 7.42. The van der Waals surface area contributed by atoms with Gasteiger partial charge in [-0.2, -0.15) is 0 Å². The van der Waals surface area contributed by atoms with Crippen LogP contribution in [0.2, 0.25) is 5.02 Å². The van der Waals surface area contributed by atoms with Gasteiger partial charge in [0.15, 0.2) is 5.17 Å². The molecule has 0 aliphatic carbocycles. The molecule has 1 heterocycles. The zero-order chi connectivity index (χ0) is 25.1. The standard InChI is InChI=1S/C25H17Br2ClN2O4S/c1-30-23(31)21(35-25(30)29-17-8-6-15(7-9-17)24(32)33)12-14-10-18(26)22(19(27)11-14)34-13-16-4-2-3-5-20(16)28/h2-12H,13H2,1H3,(H,32,33). The Bertz CT molecular complexity index is 1350. The van der Waals surface area contributed by atoms with Crippen molar-refractivity contribution in [2.75, 3.05) is 7.05 Å². The van der Waals surface area contributed by atoms with Gasteiger partial charge in [0.2, 0.25) is 0 Å². The highest BCUT2D eigenvalue weighted by molar-refractivity contribution is 9.11. The van der Waals surface area contributed by atoms with Gasteiger partial charge in [0.05, 0.1) is 25.1 Å². The molecule has 3 aromatic carbocycles. The first-order valence-electron chi connectivity index (χ1n) is 10.2. The average Bonchev–Trinajstić information content (AvgIpc) is 3.07. The minimum atomic E-state index is -1.01. The van der Waals surface area contributed by atoms with Crippen LogP contribution >= 0.6 is 55.2 Å². The van der Waals surface area contributed by atoms with Crippen molar-refractivity contribution in [3.05, 3.63) is 96.2 Å². The van der Waals surface area contributed by atoms with Crippen LogP contribution in [0.3, 0.4) is 0 Å². The quantitative estimate of drug-likeness (QED) is 0.286. The summed E-state index contributed by atoms with van der Waals surface area (Å²) in [5.74, 6) is -0.557. The first kappa shape index (κ1) is 25.5. The second kappa shape index (κ2) is 11.0. The van der Waals surface area contributed by atoms with Gasteiger partial charge in [-0.15, -0.1) is 0 Å². The van der Waals surface area contributed by atoms with Crippen LogP contribution in [0.5, 0.6) is 5.75 Å². The fourth-order valence-corrected chi connectivity index (χ4v) is 5.79. The third-order valence-electron chi connectivity index (χ3n) is 4.99. The van der Waals surface area contributed by atoms with Crippen LogP contribution in [0.25, 0.3) is 6.08 Å². The number of thioether (sulfide) groups is 1. The van der Waals surface area contributed by atoms with Gasteiger partial charge in [-0.3, -0.25) is 9.69 Å². The number of carbonyl (C=O) groups is 2. The predicted octanol–water partition coefficient (Wildman–Crippen LogP) is 7.38. The van der Waals surface area contributed by atoms with E-state index in [1.54, 1.807) is 25.3 Å². The van der Waals surface area contributed by atoms with E-state index >= 15 is 0 Å². The zero-order valence-electron chi connectivity index (χ0n) is 18.2. The molecule has 10 heteroatoms. The number of carboxylic acid groups (broad SMARTS) is 1. The SMILES string of the molecule is CN1C(=O)C(=Cc2cc(Br)c(OCc3ccccc3Cl)c(Br)c2)SC1=Nc1ccc(C(=O)O)cc1. The Morgan fingerprint density at radius 2 is 1.80 bits per heavy atom. The van der Waals surface area contributed by atoms with E-state index in [-0.39, 0.29) is 11.5 Å². The summed E-state index contributed by atoms with van der Waals surface area (Å²) in [5.41, 5.74) is 2.40. The largest absolute Gasteiger partial charge is 0.486 e. The van der Waals surface area contributed by atoms with Crippen molar-refractivity contribution in [2.24, 2.45) is 4.99 Å². The minimum Gasteiger partial charge on any atom is -0.486 e. The summed E-state index contributed by atoms with van der Waals surface area (Å²) in [6.45, 7) is 0.309. The number of benzene rings is 3. The van der Waals surface area contributed by atoms with Crippen molar-refractivity contribution in [2.45, 2.75) is 6.61 Å². The molecule has 4 rings (SSSR count). The lowest BCUT2D eigenvalue weighted by Crippen LogP contribution is -2.23. The third kappa shape index (κ3) is 5.98. The number of hydrogen-bond donors (Lipinski definition) is 1. The third-order valence-corrected chi connectivity index (χ3v) is 7.60. The summed E-state index contributed by atoms with van der Waals surface area (Å²) in [6.07, 6.45) is 1.78. The van der Waals surface area contributed by atoms with Gasteiger partial charge >= 0.3 is 5.97 Å². The van der Waals surface area contributed by atoms with E-state index in [9.17, 15) is 9.59 Å². The maximum Gasteiger partial charge on any atom is 0.335 e. The molecule has 0 bridgehead atoms. The van der Waals surface area contributed by atoms with Crippen LogP contribution in [-0.2, 0) is 11.4 Å². The van der Waals surface area contributed by atoms with E-state index in [0.29, 0.717) is 33.1 Å². The molecule has 1 aliphatic rings. The van der Waals surface area contributed by atoms with Crippen molar-refractivity contribution < 1.29 is 19.4 Å².